The zero-order chi connectivity index (χ0) is 21.5. The molecular weight excluding hydrogens is 404 g/mol. The summed E-state index contributed by atoms with van der Waals surface area (Å²) in [6.07, 6.45) is 1.02. The van der Waals surface area contributed by atoms with E-state index in [1.54, 1.807) is 28.4 Å². The van der Waals surface area contributed by atoms with E-state index in [2.05, 4.69) is 26.6 Å². The second-order valence-corrected chi connectivity index (χ2v) is 7.43. The Kier molecular flexibility index (Phi) is 7.52. The van der Waals surface area contributed by atoms with Gasteiger partial charge in [-0.2, -0.15) is 0 Å². The van der Waals surface area contributed by atoms with Crippen molar-refractivity contribution in [2.45, 2.75) is 19.0 Å². The number of halogens is 1. The Morgan fingerprint density at radius 1 is 1.13 bits per heavy atom. The molecule has 1 fully saturated rings. The Balaban J connectivity index is 1.62. The molecule has 0 spiro atoms. The number of guanidine groups is 1. The molecule has 1 aliphatic rings. The molecule has 2 aromatic rings. The van der Waals surface area contributed by atoms with Crippen molar-refractivity contribution in [1.29, 1.82) is 0 Å². The predicted molar refractivity (Wildman–Crippen MR) is 122 cm³/mol. The van der Waals surface area contributed by atoms with Gasteiger partial charge in [-0.05, 0) is 24.6 Å². The van der Waals surface area contributed by atoms with E-state index < -0.39 is 0 Å². The third-order valence-electron chi connectivity index (χ3n) is 5.18. The Morgan fingerprint density at radius 3 is 2.47 bits per heavy atom. The highest BCUT2D eigenvalue weighted by Gasteiger charge is 2.24. The van der Waals surface area contributed by atoms with Gasteiger partial charge >= 0.3 is 0 Å². The van der Waals surface area contributed by atoms with Crippen LogP contribution in [0.25, 0.3) is 0 Å². The number of nitrogens with one attached hydrogen (secondary N) is 2. The topological polar surface area (TPSA) is 67.4 Å². The molecule has 1 heterocycles. The van der Waals surface area contributed by atoms with Crippen molar-refractivity contribution in [1.82, 2.24) is 10.6 Å². The Labute approximate surface area is 183 Å². The second kappa shape index (κ2) is 10.3. The Hall–Kier alpha value is -2.80. The van der Waals surface area contributed by atoms with Crippen LogP contribution in [0.5, 0.6) is 17.2 Å². The maximum absolute atomic E-state index is 6.13. The first-order chi connectivity index (χ1) is 14.6. The number of hydrogen-bond donors (Lipinski definition) is 2. The molecule has 1 atom stereocenters. The van der Waals surface area contributed by atoms with E-state index in [9.17, 15) is 0 Å². The summed E-state index contributed by atoms with van der Waals surface area (Å²) in [5.74, 6) is 2.80. The molecule has 0 radical (unpaired) electrons. The lowest BCUT2D eigenvalue weighted by molar-refractivity contribution is 0.368. The van der Waals surface area contributed by atoms with Crippen molar-refractivity contribution in [2.24, 2.45) is 4.99 Å². The molecule has 0 aromatic heterocycles. The van der Waals surface area contributed by atoms with E-state index in [1.807, 2.05) is 30.3 Å². The standard InChI is InChI=1S/C22H29ClN4O3/c1-24-22(25-13-19-20(29-3)11-18(28-2)12-21(19)30-4)26-16-8-9-27(14-16)17-7-5-6-15(23)10-17/h5-7,10-12,16H,8-9,13-14H2,1-4H3,(H2,24,25,26). The zero-order valence-corrected chi connectivity index (χ0v) is 18.6. The molecule has 0 aliphatic carbocycles. The summed E-state index contributed by atoms with van der Waals surface area (Å²) in [5, 5.41) is 7.62. The number of nitrogens with zero attached hydrogens (tertiary/aromatic N) is 2. The number of benzene rings is 2. The fourth-order valence-electron chi connectivity index (χ4n) is 3.60. The van der Waals surface area contributed by atoms with Crippen LogP contribution in [0.4, 0.5) is 5.69 Å². The average Bonchev–Trinajstić information content (AvgIpc) is 3.24. The largest absolute Gasteiger partial charge is 0.496 e. The van der Waals surface area contributed by atoms with Gasteiger partial charge in [-0.15, -0.1) is 0 Å². The third-order valence-corrected chi connectivity index (χ3v) is 5.41. The lowest BCUT2D eigenvalue weighted by Crippen LogP contribution is -2.44. The molecule has 0 saturated carbocycles. The lowest BCUT2D eigenvalue weighted by atomic mass is 10.1. The summed E-state index contributed by atoms with van der Waals surface area (Å²) in [4.78, 5) is 6.70. The molecule has 162 valence electrons. The minimum Gasteiger partial charge on any atom is -0.496 e. The van der Waals surface area contributed by atoms with Crippen LogP contribution in [0.3, 0.4) is 0 Å². The monoisotopic (exact) mass is 432 g/mol. The SMILES string of the molecule is CN=C(NCc1c(OC)cc(OC)cc1OC)NC1CCN(c2cccc(Cl)c2)C1. The van der Waals surface area contributed by atoms with E-state index in [-0.39, 0.29) is 6.04 Å². The molecule has 0 bridgehead atoms. The van der Waals surface area contributed by atoms with Crippen LogP contribution in [-0.4, -0.2) is 53.5 Å². The van der Waals surface area contributed by atoms with Gasteiger partial charge < -0.3 is 29.7 Å². The van der Waals surface area contributed by atoms with E-state index in [1.165, 1.54) is 0 Å². The number of aliphatic imine (C=N–C) groups is 1. The summed E-state index contributed by atoms with van der Waals surface area (Å²) in [7, 11) is 6.65. The van der Waals surface area contributed by atoms with Gasteiger partial charge in [0.2, 0.25) is 0 Å². The molecular formula is C22H29ClN4O3. The molecule has 0 amide bonds. The third kappa shape index (κ3) is 5.21. The predicted octanol–water partition coefficient (Wildman–Crippen LogP) is 3.31. The van der Waals surface area contributed by atoms with Crippen molar-refractivity contribution in [3.05, 3.63) is 47.0 Å². The number of ether oxygens (including phenoxy) is 3. The van der Waals surface area contributed by atoms with Gasteiger partial charge in [0.1, 0.15) is 17.2 Å². The van der Waals surface area contributed by atoms with Crippen LogP contribution < -0.4 is 29.7 Å². The Bertz CT molecular complexity index is 865. The quantitative estimate of drug-likeness (QED) is 0.517. The molecule has 8 heteroatoms. The number of rotatable bonds is 7. The lowest BCUT2D eigenvalue weighted by Gasteiger charge is -2.21. The molecule has 2 aromatic carbocycles. The number of hydrogen-bond acceptors (Lipinski definition) is 5. The van der Waals surface area contributed by atoms with Gasteiger partial charge in [-0.3, -0.25) is 4.99 Å². The highest BCUT2D eigenvalue weighted by Crippen LogP contribution is 2.33. The van der Waals surface area contributed by atoms with E-state index in [0.29, 0.717) is 23.8 Å². The molecule has 3 rings (SSSR count). The fourth-order valence-corrected chi connectivity index (χ4v) is 3.78. The second-order valence-electron chi connectivity index (χ2n) is 6.99. The summed E-state index contributed by atoms with van der Waals surface area (Å²) in [6, 6.07) is 11.9. The highest BCUT2D eigenvalue weighted by molar-refractivity contribution is 6.30. The van der Waals surface area contributed by atoms with Gasteiger partial charge in [0.25, 0.3) is 0 Å². The van der Waals surface area contributed by atoms with Gasteiger partial charge in [0.05, 0.1) is 33.4 Å². The van der Waals surface area contributed by atoms with Crippen molar-refractivity contribution in [3.8, 4) is 17.2 Å². The molecule has 30 heavy (non-hydrogen) atoms. The van der Waals surface area contributed by atoms with Crippen molar-refractivity contribution < 1.29 is 14.2 Å². The first kappa shape index (κ1) is 21.9. The smallest absolute Gasteiger partial charge is 0.191 e. The molecule has 7 nitrogen and oxygen atoms in total. The molecule has 1 saturated heterocycles. The van der Waals surface area contributed by atoms with Gasteiger partial charge in [0.15, 0.2) is 5.96 Å². The van der Waals surface area contributed by atoms with E-state index in [0.717, 1.165) is 41.7 Å². The van der Waals surface area contributed by atoms with E-state index >= 15 is 0 Å². The van der Waals surface area contributed by atoms with Crippen LogP contribution in [0, 0.1) is 0 Å². The van der Waals surface area contributed by atoms with Crippen LogP contribution in [0.2, 0.25) is 5.02 Å². The van der Waals surface area contributed by atoms with Gasteiger partial charge in [-0.1, -0.05) is 17.7 Å². The summed E-state index contributed by atoms with van der Waals surface area (Å²) >= 11 is 6.13. The van der Waals surface area contributed by atoms with Crippen LogP contribution >= 0.6 is 11.6 Å². The summed E-state index contributed by atoms with van der Waals surface area (Å²) in [5.41, 5.74) is 2.04. The van der Waals surface area contributed by atoms with Crippen molar-refractivity contribution in [2.75, 3.05) is 46.4 Å². The Morgan fingerprint density at radius 2 is 1.87 bits per heavy atom. The minimum absolute atomic E-state index is 0.287. The maximum Gasteiger partial charge on any atom is 0.191 e. The highest BCUT2D eigenvalue weighted by atomic mass is 35.5. The zero-order valence-electron chi connectivity index (χ0n) is 17.9. The first-order valence-corrected chi connectivity index (χ1v) is 10.2. The van der Waals surface area contributed by atoms with Crippen LogP contribution in [0.15, 0.2) is 41.4 Å². The van der Waals surface area contributed by atoms with Gasteiger partial charge in [-0.25, -0.2) is 0 Å². The van der Waals surface area contributed by atoms with Crippen LogP contribution in [-0.2, 0) is 6.54 Å². The summed E-state index contributed by atoms with van der Waals surface area (Å²) < 4.78 is 16.4. The van der Waals surface area contributed by atoms with Crippen molar-refractivity contribution in [3.63, 3.8) is 0 Å². The van der Waals surface area contributed by atoms with Crippen molar-refractivity contribution >= 4 is 23.2 Å². The number of anilines is 1. The normalized spacial score (nSPS) is 16.4. The summed E-state index contributed by atoms with van der Waals surface area (Å²) in [6.45, 7) is 2.35. The van der Waals surface area contributed by atoms with E-state index in [4.69, 9.17) is 25.8 Å². The first-order valence-electron chi connectivity index (χ1n) is 9.84. The average molecular weight is 433 g/mol. The van der Waals surface area contributed by atoms with Crippen LogP contribution in [0.1, 0.15) is 12.0 Å². The minimum atomic E-state index is 0.287. The molecule has 1 unspecified atom stereocenters. The molecule has 1 aliphatic heterocycles. The fraction of sp³-hybridized carbons (Fsp3) is 0.409. The van der Waals surface area contributed by atoms with Gasteiger partial charge in [0, 0.05) is 49.0 Å². The molecule has 2 N–H and O–H groups in total. The number of methoxy groups -OCH3 is 3. The maximum atomic E-state index is 6.13.